The number of hydrogen-bond acceptors (Lipinski definition) is 4. The molecule has 0 fully saturated rings. The fourth-order valence-corrected chi connectivity index (χ4v) is 1.92. The third-order valence-corrected chi connectivity index (χ3v) is 3.10. The molecule has 1 aromatic carbocycles. The predicted molar refractivity (Wildman–Crippen MR) is 72.3 cm³/mol. The average Bonchev–Trinajstić information content (AvgIpc) is 2.43. The van der Waals surface area contributed by atoms with Crippen molar-refractivity contribution in [3.8, 4) is 11.5 Å². The lowest BCUT2D eigenvalue weighted by atomic mass is 10.0. The van der Waals surface area contributed by atoms with Gasteiger partial charge in [-0.1, -0.05) is 6.92 Å². The van der Waals surface area contributed by atoms with Crippen molar-refractivity contribution in [2.45, 2.75) is 32.4 Å². The summed E-state index contributed by atoms with van der Waals surface area (Å²) >= 11 is 0. The zero-order chi connectivity index (χ0) is 13.5. The topological polar surface area (TPSA) is 50.7 Å². The van der Waals surface area contributed by atoms with E-state index in [0.717, 1.165) is 23.5 Å². The van der Waals surface area contributed by atoms with Crippen LogP contribution >= 0.6 is 0 Å². The van der Waals surface area contributed by atoms with Gasteiger partial charge in [0.1, 0.15) is 11.5 Å². The highest BCUT2D eigenvalue weighted by atomic mass is 16.5. The van der Waals surface area contributed by atoms with Crippen molar-refractivity contribution >= 4 is 0 Å². The summed E-state index contributed by atoms with van der Waals surface area (Å²) in [6.07, 6.45) is 0.882. The van der Waals surface area contributed by atoms with Gasteiger partial charge in [0.25, 0.3) is 0 Å². The Morgan fingerprint density at radius 3 is 2.50 bits per heavy atom. The van der Waals surface area contributed by atoms with Crippen LogP contribution in [0.15, 0.2) is 18.2 Å². The smallest absolute Gasteiger partial charge is 0.123 e. The molecule has 1 aromatic rings. The molecule has 0 saturated heterocycles. The minimum atomic E-state index is 0.0900. The molecular weight excluding hydrogens is 230 g/mol. The van der Waals surface area contributed by atoms with Gasteiger partial charge in [0.2, 0.25) is 0 Å². The van der Waals surface area contributed by atoms with E-state index in [1.165, 1.54) is 0 Å². The Kier molecular flexibility index (Phi) is 5.95. The number of hydrogen-bond donors (Lipinski definition) is 2. The Labute approximate surface area is 109 Å². The van der Waals surface area contributed by atoms with Gasteiger partial charge in [-0.15, -0.1) is 0 Å². The molecule has 0 saturated carbocycles. The van der Waals surface area contributed by atoms with Crippen molar-refractivity contribution in [3.05, 3.63) is 23.8 Å². The maximum absolute atomic E-state index is 9.23. The molecule has 1 rings (SSSR count). The monoisotopic (exact) mass is 253 g/mol. The van der Waals surface area contributed by atoms with Crippen LogP contribution in [0.25, 0.3) is 0 Å². The summed E-state index contributed by atoms with van der Waals surface area (Å²) < 4.78 is 10.6. The van der Waals surface area contributed by atoms with E-state index in [4.69, 9.17) is 9.47 Å². The van der Waals surface area contributed by atoms with Crippen molar-refractivity contribution in [2.24, 2.45) is 0 Å². The van der Waals surface area contributed by atoms with Crippen molar-refractivity contribution in [2.75, 3.05) is 20.8 Å². The first-order valence-corrected chi connectivity index (χ1v) is 6.25. The van der Waals surface area contributed by atoms with Gasteiger partial charge in [0.15, 0.2) is 0 Å². The van der Waals surface area contributed by atoms with Gasteiger partial charge in [0, 0.05) is 17.6 Å². The van der Waals surface area contributed by atoms with E-state index in [1.54, 1.807) is 14.2 Å². The second-order valence-electron chi connectivity index (χ2n) is 4.28. The van der Waals surface area contributed by atoms with Crippen molar-refractivity contribution in [3.63, 3.8) is 0 Å². The molecule has 102 valence electrons. The molecular formula is C14H23NO3. The molecule has 0 radical (unpaired) electrons. The number of methoxy groups -OCH3 is 2. The lowest BCUT2D eigenvalue weighted by Crippen LogP contribution is -2.34. The number of aliphatic hydroxyl groups excluding tert-OH is 1. The Morgan fingerprint density at radius 1 is 1.28 bits per heavy atom. The molecule has 4 nitrogen and oxygen atoms in total. The van der Waals surface area contributed by atoms with Crippen molar-refractivity contribution < 1.29 is 14.6 Å². The maximum atomic E-state index is 9.23. The predicted octanol–water partition coefficient (Wildman–Crippen LogP) is 2.13. The SMILES string of the molecule is CC[C@@H](CO)NC(C)c1cc(OC)ccc1OC. The standard InChI is InChI=1S/C14H23NO3/c1-5-11(9-16)15-10(2)13-8-12(17-3)6-7-14(13)18-4/h6-8,10-11,15-16H,5,9H2,1-4H3/t10?,11-/m0/s1. The number of aliphatic hydroxyl groups is 1. The van der Waals surface area contributed by atoms with E-state index in [2.05, 4.69) is 12.2 Å². The third kappa shape index (κ3) is 3.62. The van der Waals surface area contributed by atoms with E-state index in [9.17, 15) is 5.11 Å². The van der Waals surface area contributed by atoms with E-state index in [1.807, 2.05) is 25.1 Å². The first kappa shape index (κ1) is 14.8. The van der Waals surface area contributed by atoms with Crippen LogP contribution in [0, 0.1) is 0 Å². The highest BCUT2D eigenvalue weighted by Crippen LogP contribution is 2.29. The lowest BCUT2D eigenvalue weighted by molar-refractivity contribution is 0.229. The van der Waals surface area contributed by atoms with Crippen LogP contribution in [-0.2, 0) is 0 Å². The fraction of sp³-hybridized carbons (Fsp3) is 0.571. The molecule has 2 atom stereocenters. The normalized spacial score (nSPS) is 14.1. The number of ether oxygens (including phenoxy) is 2. The van der Waals surface area contributed by atoms with E-state index in [0.29, 0.717) is 0 Å². The van der Waals surface area contributed by atoms with Gasteiger partial charge in [0.05, 0.1) is 20.8 Å². The molecule has 0 aromatic heterocycles. The van der Waals surface area contributed by atoms with Gasteiger partial charge in [-0.05, 0) is 31.5 Å². The van der Waals surface area contributed by atoms with Crippen molar-refractivity contribution in [1.29, 1.82) is 0 Å². The fourth-order valence-electron chi connectivity index (χ4n) is 1.92. The Hall–Kier alpha value is -1.26. The molecule has 0 aliphatic rings. The van der Waals surface area contributed by atoms with Crippen LogP contribution in [0.2, 0.25) is 0 Å². The molecule has 0 amide bonds. The first-order valence-electron chi connectivity index (χ1n) is 6.25. The molecule has 4 heteroatoms. The van der Waals surface area contributed by atoms with Gasteiger partial charge >= 0.3 is 0 Å². The number of benzene rings is 1. The molecule has 2 N–H and O–H groups in total. The lowest BCUT2D eigenvalue weighted by Gasteiger charge is -2.22. The molecule has 0 heterocycles. The largest absolute Gasteiger partial charge is 0.497 e. The minimum Gasteiger partial charge on any atom is -0.497 e. The second kappa shape index (κ2) is 7.24. The first-order chi connectivity index (χ1) is 8.65. The Morgan fingerprint density at radius 2 is 2.00 bits per heavy atom. The van der Waals surface area contributed by atoms with Crippen LogP contribution in [0.5, 0.6) is 11.5 Å². The van der Waals surface area contributed by atoms with Gasteiger partial charge in [-0.25, -0.2) is 0 Å². The Bertz CT molecular complexity index is 364. The van der Waals surface area contributed by atoms with Crippen LogP contribution in [0.1, 0.15) is 31.9 Å². The molecule has 18 heavy (non-hydrogen) atoms. The van der Waals surface area contributed by atoms with Crippen LogP contribution in [0.4, 0.5) is 0 Å². The van der Waals surface area contributed by atoms with Gasteiger partial charge in [-0.2, -0.15) is 0 Å². The quantitative estimate of drug-likeness (QED) is 0.781. The highest BCUT2D eigenvalue weighted by molar-refractivity contribution is 5.42. The van der Waals surface area contributed by atoms with Crippen LogP contribution in [0.3, 0.4) is 0 Å². The molecule has 0 aliphatic heterocycles. The minimum absolute atomic E-state index is 0.0900. The summed E-state index contributed by atoms with van der Waals surface area (Å²) in [5.74, 6) is 1.63. The maximum Gasteiger partial charge on any atom is 0.123 e. The number of nitrogens with one attached hydrogen (secondary N) is 1. The summed E-state index contributed by atoms with van der Waals surface area (Å²) in [5, 5.41) is 12.6. The van der Waals surface area contributed by atoms with Gasteiger partial charge < -0.3 is 19.9 Å². The summed E-state index contributed by atoms with van der Waals surface area (Å²) in [6, 6.07) is 5.91. The van der Waals surface area contributed by atoms with Crippen LogP contribution in [-0.4, -0.2) is 32.0 Å². The highest BCUT2D eigenvalue weighted by Gasteiger charge is 2.15. The van der Waals surface area contributed by atoms with E-state index >= 15 is 0 Å². The third-order valence-electron chi connectivity index (χ3n) is 3.10. The van der Waals surface area contributed by atoms with E-state index in [-0.39, 0.29) is 18.7 Å². The summed E-state index contributed by atoms with van der Waals surface area (Å²) in [4.78, 5) is 0. The van der Waals surface area contributed by atoms with Gasteiger partial charge in [-0.3, -0.25) is 0 Å². The average molecular weight is 253 g/mol. The zero-order valence-electron chi connectivity index (χ0n) is 11.6. The second-order valence-corrected chi connectivity index (χ2v) is 4.28. The van der Waals surface area contributed by atoms with E-state index < -0.39 is 0 Å². The molecule has 0 aliphatic carbocycles. The summed E-state index contributed by atoms with van der Waals surface area (Å²) in [6.45, 7) is 4.23. The molecule has 0 bridgehead atoms. The number of rotatable bonds is 7. The molecule has 0 spiro atoms. The van der Waals surface area contributed by atoms with Crippen molar-refractivity contribution in [1.82, 2.24) is 5.32 Å². The zero-order valence-corrected chi connectivity index (χ0v) is 11.6. The van der Waals surface area contributed by atoms with Crippen LogP contribution < -0.4 is 14.8 Å². The summed E-state index contributed by atoms with van der Waals surface area (Å²) in [7, 11) is 3.30. The summed E-state index contributed by atoms with van der Waals surface area (Å²) in [5.41, 5.74) is 1.03. The molecule has 1 unspecified atom stereocenters. The Balaban J connectivity index is 2.91.